The summed E-state index contributed by atoms with van der Waals surface area (Å²) in [6, 6.07) is 0. The molecule has 0 heterocycles. The van der Waals surface area contributed by atoms with Gasteiger partial charge in [0.25, 0.3) is 0 Å². The maximum atomic E-state index is 10.8. The standard InChI is InChI=1S/C7H13N3O/c1-3-7(9)10(5-4-8)6(2)11/h3,9H,1,4-5,8H2,2H3. The van der Waals surface area contributed by atoms with Crippen LogP contribution in [0.3, 0.4) is 0 Å². The second-order valence-electron chi connectivity index (χ2n) is 2.05. The molecule has 0 aromatic carbocycles. The first-order valence-corrected chi connectivity index (χ1v) is 3.32. The molecular weight excluding hydrogens is 142 g/mol. The number of hydrogen-bond acceptors (Lipinski definition) is 3. The number of amidine groups is 1. The van der Waals surface area contributed by atoms with Crippen LogP contribution in [-0.4, -0.2) is 29.7 Å². The van der Waals surface area contributed by atoms with E-state index in [1.165, 1.54) is 17.9 Å². The Kier molecular flexibility index (Phi) is 4.14. The lowest BCUT2D eigenvalue weighted by atomic mass is 10.4. The van der Waals surface area contributed by atoms with Crippen LogP contribution in [0, 0.1) is 5.41 Å². The van der Waals surface area contributed by atoms with Crippen LogP contribution in [0.1, 0.15) is 6.92 Å². The largest absolute Gasteiger partial charge is 0.329 e. The molecule has 0 aromatic heterocycles. The van der Waals surface area contributed by atoms with E-state index in [0.717, 1.165) is 0 Å². The van der Waals surface area contributed by atoms with Crippen LogP contribution in [0.4, 0.5) is 0 Å². The number of rotatable bonds is 3. The Morgan fingerprint density at radius 1 is 1.82 bits per heavy atom. The fourth-order valence-electron chi connectivity index (χ4n) is 0.687. The first-order chi connectivity index (χ1) is 5.13. The summed E-state index contributed by atoms with van der Waals surface area (Å²) in [6.07, 6.45) is 1.32. The van der Waals surface area contributed by atoms with Gasteiger partial charge in [0.05, 0.1) is 0 Å². The van der Waals surface area contributed by atoms with E-state index in [4.69, 9.17) is 11.1 Å². The Labute approximate surface area is 66.2 Å². The fourth-order valence-corrected chi connectivity index (χ4v) is 0.687. The summed E-state index contributed by atoms with van der Waals surface area (Å²) < 4.78 is 0. The molecule has 0 unspecified atom stereocenters. The summed E-state index contributed by atoms with van der Waals surface area (Å²) in [5, 5.41) is 7.26. The molecule has 0 radical (unpaired) electrons. The summed E-state index contributed by atoms with van der Waals surface area (Å²) in [5.41, 5.74) is 5.23. The normalized spacial score (nSPS) is 8.91. The zero-order valence-corrected chi connectivity index (χ0v) is 6.63. The Balaban J connectivity index is 4.20. The topological polar surface area (TPSA) is 70.2 Å². The summed E-state index contributed by atoms with van der Waals surface area (Å²) in [7, 11) is 0. The van der Waals surface area contributed by atoms with Crippen LogP contribution in [0.15, 0.2) is 12.7 Å². The van der Waals surface area contributed by atoms with Crippen molar-refractivity contribution in [3.8, 4) is 0 Å². The second kappa shape index (κ2) is 4.62. The van der Waals surface area contributed by atoms with Crippen LogP contribution < -0.4 is 5.73 Å². The SMILES string of the molecule is C=CC(=N)N(CCN)C(C)=O. The van der Waals surface area contributed by atoms with Gasteiger partial charge < -0.3 is 5.73 Å². The van der Waals surface area contributed by atoms with Gasteiger partial charge in [-0.25, -0.2) is 0 Å². The first kappa shape index (κ1) is 9.84. The minimum Gasteiger partial charge on any atom is -0.329 e. The quantitative estimate of drug-likeness (QED) is 0.443. The predicted molar refractivity (Wildman–Crippen MR) is 44.4 cm³/mol. The van der Waals surface area contributed by atoms with Crippen LogP contribution in [0.2, 0.25) is 0 Å². The molecule has 1 amide bonds. The van der Waals surface area contributed by atoms with Gasteiger partial charge in [0.2, 0.25) is 5.91 Å². The molecule has 0 aliphatic carbocycles. The van der Waals surface area contributed by atoms with Gasteiger partial charge in [-0.2, -0.15) is 0 Å². The summed E-state index contributed by atoms with van der Waals surface area (Å²) in [4.78, 5) is 12.1. The van der Waals surface area contributed by atoms with Gasteiger partial charge in [0, 0.05) is 20.0 Å². The van der Waals surface area contributed by atoms with Gasteiger partial charge >= 0.3 is 0 Å². The number of nitrogens with zero attached hydrogens (tertiary/aromatic N) is 1. The van der Waals surface area contributed by atoms with Gasteiger partial charge in [-0.3, -0.25) is 15.1 Å². The molecular formula is C7H13N3O. The monoisotopic (exact) mass is 155 g/mol. The van der Waals surface area contributed by atoms with Crippen molar-refractivity contribution in [1.82, 2.24) is 4.90 Å². The average Bonchev–Trinajstić information content (AvgIpc) is 1.98. The van der Waals surface area contributed by atoms with E-state index in [9.17, 15) is 4.79 Å². The van der Waals surface area contributed by atoms with E-state index >= 15 is 0 Å². The molecule has 0 aliphatic heterocycles. The molecule has 0 bridgehead atoms. The molecule has 0 saturated carbocycles. The van der Waals surface area contributed by atoms with E-state index in [0.29, 0.717) is 13.1 Å². The molecule has 0 aliphatic rings. The fraction of sp³-hybridized carbons (Fsp3) is 0.429. The zero-order valence-electron chi connectivity index (χ0n) is 6.63. The number of carbonyl (C=O) groups is 1. The summed E-state index contributed by atoms with van der Waals surface area (Å²) >= 11 is 0. The number of carbonyl (C=O) groups excluding carboxylic acids is 1. The highest BCUT2D eigenvalue weighted by Gasteiger charge is 2.09. The van der Waals surface area contributed by atoms with Gasteiger partial charge in [-0.1, -0.05) is 6.58 Å². The van der Waals surface area contributed by atoms with Crippen LogP contribution >= 0.6 is 0 Å². The van der Waals surface area contributed by atoms with E-state index in [1.807, 2.05) is 0 Å². The maximum absolute atomic E-state index is 10.8. The number of nitrogens with two attached hydrogens (primary N) is 1. The number of nitrogens with one attached hydrogen (secondary N) is 1. The molecule has 62 valence electrons. The Bertz CT molecular complexity index is 177. The minimum atomic E-state index is -0.180. The third-order valence-electron chi connectivity index (χ3n) is 1.22. The predicted octanol–water partition coefficient (Wildman–Crippen LogP) is -0.0431. The van der Waals surface area contributed by atoms with Crippen molar-refractivity contribution in [2.75, 3.05) is 13.1 Å². The van der Waals surface area contributed by atoms with Crippen molar-refractivity contribution in [3.63, 3.8) is 0 Å². The molecule has 0 saturated heterocycles. The van der Waals surface area contributed by atoms with Crippen molar-refractivity contribution < 1.29 is 4.79 Å². The van der Waals surface area contributed by atoms with Gasteiger partial charge in [-0.15, -0.1) is 0 Å². The van der Waals surface area contributed by atoms with Crippen molar-refractivity contribution in [2.24, 2.45) is 5.73 Å². The van der Waals surface area contributed by atoms with Gasteiger partial charge in [-0.05, 0) is 6.08 Å². The molecule has 0 aromatic rings. The summed E-state index contributed by atoms with van der Waals surface area (Å²) in [5.74, 6) is -0.0803. The molecule has 4 heteroatoms. The lowest BCUT2D eigenvalue weighted by Gasteiger charge is -2.17. The smallest absolute Gasteiger partial charge is 0.225 e. The highest BCUT2D eigenvalue weighted by Crippen LogP contribution is 1.90. The van der Waals surface area contributed by atoms with Crippen LogP contribution in [-0.2, 0) is 4.79 Å². The highest BCUT2D eigenvalue weighted by molar-refractivity contribution is 6.01. The molecule has 0 rings (SSSR count). The Hall–Kier alpha value is -1.16. The molecule has 11 heavy (non-hydrogen) atoms. The van der Waals surface area contributed by atoms with Crippen molar-refractivity contribution >= 4 is 11.7 Å². The molecule has 3 N–H and O–H groups in total. The van der Waals surface area contributed by atoms with Gasteiger partial charge in [0.15, 0.2) is 0 Å². The highest BCUT2D eigenvalue weighted by atomic mass is 16.2. The second-order valence-corrected chi connectivity index (χ2v) is 2.05. The molecule has 0 atom stereocenters. The molecule has 0 spiro atoms. The lowest BCUT2D eigenvalue weighted by molar-refractivity contribution is -0.125. The van der Waals surface area contributed by atoms with Crippen molar-refractivity contribution in [3.05, 3.63) is 12.7 Å². The average molecular weight is 155 g/mol. The third-order valence-corrected chi connectivity index (χ3v) is 1.22. The Morgan fingerprint density at radius 2 is 2.36 bits per heavy atom. The zero-order chi connectivity index (χ0) is 8.85. The lowest BCUT2D eigenvalue weighted by Crippen LogP contribution is -2.37. The van der Waals surface area contributed by atoms with Crippen LogP contribution in [0.5, 0.6) is 0 Å². The van der Waals surface area contributed by atoms with Crippen molar-refractivity contribution in [1.29, 1.82) is 5.41 Å². The molecule has 4 nitrogen and oxygen atoms in total. The van der Waals surface area contributed by atoms with E-state index in [1.54, 1.807) is 0 Å². The number of hydrogen-bond donors (Lipinski definition) is 2. The van der Waals surface area contributed by atoms with E-state index < -0.39 is 0 Å². The number of amides is 1. The third kappa shape index (κ3) is 2.95. The van der Waals surface area contributed by atoms with Crippen molar-refractivity contribution in [2.45, 2.75) is 6.92 Å². The van der Waals surface area contributed by atoms with E-state index in [2.05, 4.69) is 6.58 Å². The maximum Gasteiger partial charge on any atom is 0.225 e. The van der Waals surface area contributed by atoms with Crippen LogP contribution in [0.25, 0.3) is 0 Å². The summed E-state index contributed by atoms with van der Waals surface area (Å²) in [6.45, 7) is 5.52. The Morgan fingerprint density at radius 3 is 2.64 bits per heavy atom. The minimum absolute atomic E-state index is 0.1000. The molecule has 0 fully saturated rings. The van der Waals surface area contributed by atoms with E-state index in [-0.39, 0.29) is 11.7 Å². The first-order valence-electron chi connectivity index (χ1n) is 3.32. The van der Waals surface area contributed by atoms with Gasteiger partial charge in [0.1, 0.15) is 5.84 Å².